The van der Waals surface area contributed by atoms with Crippen LogP contribution in [0.15, 0.2) is 28.7 Å². The lowest BCUT2D eigenvalue weighted by Gasteiger charge is -2.15. The lowest BCUT2D eigenvalue weighted by molar-refractivity contribution is -0.118. The van der Waals surface area contributed by atoms with Crippen LogP contribution in [0.5, 0.6) is 17.2 Å². The van der Waals surface area contributed by atoms with Crippen LogP contribution in [0, 0.1) is 13.8 Å². The van der Waals surface area contributed by atoms with E-state index < -0.39 is 0 Å². The highest BCUT2D eigenvalue weighted by Crippen LogP contribution is 2.36. The van der Waals surface area contributed by atoms with Gasteiger partial charge in [-0.2, -0.15) is 0 Å². The fraction of sp³-hybridized carbons (Fsp3) is 0.278. The average molecular weight is 429 g/mol. The fourth-order valence-corrected chi connectivity index (χ4v) is 3.32. The van der Waals surface area contributed by atoms with Crippen molar-refractivity contribution in [2.45, 2.75) is 13.8 Å². The number of halogens is 2. The number of benzene rings is 2. The molecule has 0 unspecified atom stereocenters. The van der Waals surface area contributed by atoms with Crippen LogP contribution in [0.25, 0.3) is 0 Å². The Morgan fingerprint density at radius 3 is 2.24 bits per heavy atom. The Hall–Kier alpha value is -1.92. The Morgan fingerprint density at radius 2 is 1.68 bits per heavy atom. The van der Waals surface area contributed by atoms with E-state index in [0.29, 0.717) is 28.0 Å². The summed E-state index contributed by atoms with van der Waals surface area (Å²) in [5, 5.41) is 3.14. The van der Waals surface area contributed by atoms with Gasteiger partial charge in [0.2, 0.25) is 0 Å². The molecule has 0 fully saturated rings. The molecular weight excluding hydrogens is 410 g/mol. The summed E-state index contributed by atoms with van der Waals surface area (Å²) < 4.78 is 17.1. The minimum Gasteiger partial charge on any atom is -0.495 e. The standard InChI is InChI=1S/C18H19BrClNO4/c1-10-5-12(19)6-11(2)18(10)25-9-17(22)21-14-8-15(23-3)13(20)7-16(14)24-4/h5-8H,9H2,1-4H3,(H,21,22). The predicted molar refractivity (Wildman–Crippen MR) is 102 cm³/mol. The number of rotatable bonds is 6. The van der Waals surface area contributed by atoms with E-state index in [4.69, 9.17) is 25.8 Å². The van der Waals surface area contributed by atoms with Crippen molar-refractivity contribution >= 4 is 39.1 Å². The molecule has 1 N–H and O–H groups in total. The molecule has 0 aliphatic carbocycles. The summed E-state index contributed by atoms with van der Waals surface area (Å²) in [5.41, 5.74) is 2.36. The van der Waals surface area contributed by atoms with Gasteiger partial charge in [0.15, 0.2) is 6.61 Å². The number of anilines is 1. The first-order chi connectivity index (χ1) is 11.8. The second kappa shape index (κ2) is 8.45. The minimum atomic E-state index is -0.315. The third-order valence-corrected chi connectivity index (χ3v) is 4.27. The molecule has 2 aromatic rings. The van der Waals surface area contributed by atoms with Crippen LogP contribution >= 0.6 is 27.5 Å². The molecule has 0 aromatic heterocycles. The van der Waals surface area contributed by atoms with E-state index in [1.54, 1.807) is 12.1 Å². The van der Waals surface area contributed by atoms with Crippen LogP contribution < -0.4 is 19.5 Å². The first-order valence-electron chi connectivity index (χ1n) is 7.46. The van der Waals surface area contributed by atoms with Crippen molar-refractivity contribution in [2.24, 2.45) is 0 Å². The fourth-order valence-electron chi connectivity index (χ4n) is 2.41. The van der Waals surface area contributed by atoms with Gasteiger partial charge in [0, 0.05) is 16.6 Å². The molecule has 0 saturated carbocycles. The van der Waals surface area contributed by atoms with Crippen LogP contribution in [-0.2, 0) is 4.79 Å². The van der Waals surface area contributed by atoms with E-state index in [-0.39, 0.29) is 12.5 Å². The third kappa shape index (κ3) is 4.80. The van der Waals surface area contributed by atoms with Crippen LogP contribution in [0.2, 0.25) is 5.02 Å². The van der Waals surface area contributed by atoms with Crippen molar-refractivity contribution in [2.75, 3.05) is 26.1 Å². The smallest absolute Gasteiger partial charge is 0.262 e. The number of hydrogen-bond donors (Lipinski definition) is 1. The number of methoxy groups -OCH3 is 2. The van der Waals surface area contributed by atoms with Crippen molar-refractivity contribution in [3.8, 4) is 17.2 Å². The van der Waals surface area contributed by atoms with Gasteiger partial charge in [0.05, 0.1) is 24.9 Å². The quantitative estimate of drug-likeness (QED) is 0.721. The van der Waals surface area contributed by atoms with Gasteiger partial charge in [0.1, 0.15) is 17.2 Å². The molecule has 0 spiro atoms. The normalized spacial score (nSPS) is 10.3. The highest BCUT2D eigenvalue weighted by atomic mass is 79.9. The van der Waals surface area contributed by atoms with E-state index in [2.05, 4.69) is 21.2 Å². The summed E-state index contributed by atoms with van der Waals surface area (Å²) in [5.74, 6) is 1.26. The summed E-state index contributed by atoms with van der Waals surface area (Å²) >= 11 is 9.49. The molecule has 1 amide bonds. The highest BCUT2D eigenvalue weighted by Gasteiger charge is 2.14. The lowest BCUT2D eigenvalue weighted by Crippen LogP contribution is -2.21. The Labute approximate surface area is 160 Å². The SMILES string of the molecule is COc1cc(NC(=O)COc2c(C)cc(Br)cc2C)c(OC)cc1Cl. The van der Waals surface area contributed by atoms with Crippen molar-refractivity contribution in [1.82, 2.24) is 0 Å². The zero-order valence-corrected chi connectivity index (χ0v) is 16.7. The monoisotopic (exact) mass is 427 g/mol. The molecule has 0 bridgehead atoms. The average Bonchev–Trinajstić information content (AvgIpc) is 2.55. The van der Waals surface area contributed by atoms with E-state index >= 15 is 0 Å². The molecule has 5 nitrogen and oxygen atoms in total. The Kier molecular flexibility index (Phi) is 6.56. The van der Waals surface area contributed by atoms with Crippen molar-refractivity contribution in [1.29, 1.82) is 0 Å². The summed E-state index contributed by atoms with van der Waals surface area (Å²) in [7, 11) is 3.00. The van der Waals surface area contributed by atoms with Gasteiger partial charge in [-0.05, 0) is 37.1 Å². The van der Waals surface area contributed by atoms with Crippen LogP contribution in [0.3, 0.4) is 0 Å². The highest BCUT2D eigenvalue weighted by molar-refractivity contribution is 9.10. The van der Waals surface area contributed by atoms with Gasteiger partial charge in [0.25, 0.3) is 5.91 Å². The van der Waals surface area contributed by atoms with Gasteiger partial charge in [-0.25, -0.2) is 0 Å². The maximum atomic E-state index is 12.3. The zero-order valence-electron chi connectivity index (χ0n) is 14.4. The third-order valence-electron chi connectivity index (χ3n) is 3.52. The van der Waals surface area contributed by atoms with Gasteiger partial charge >= 0.3 is 0 Å². The molecule has 0 aliphatic rings. The molecule has 7 heteroatoms. The molecular formula is C18H19BrClNO4. The number of nitrogens with one attached hydrogen (secondary N) is 1. The van der Waals surface area contributed by atoms with E-state index in [1.807, 2.05) is 26.0 Å². The molecule has 2 rings (SSSR count). The number of carbonyl (C=O) groups is 1. The molecule has 2 aromatic carbocycles. The minimum absolute atomic E-state index is 0.128. The number of carbonyl (C=O) groups excluding carboxylic acids is 1. The summed E-state index contributed by atoms with van der Waals surface area (Å²) in [6.07, 6.45) is 0. The second-order valence-corrected chi connectivity index (χ2v) is 6.72. The van der Waals surface area contributed by atoms with E-state index in [9.17, 15) is 4.79 Å². The van der Waals surface area contributed by atoms with Crippen LogP contribution in [0.1, 0.15) is 11.1 Å². The molecule has 25 heavy (non-hydrogen) atoms. The lowest BCUT2D eigenvalue weighted by atomic mass is 10.1. The maximum Gasteiger partial charge on any atom is 0.262 e. The Morgan fingerprint density at radius 1 is 1.08 bits per heavy atom. The molecule has 134 valence electrons. The largest absolute Gasteiger partial charge is 0.495 e. The van der Waals surface area contributed by atoms with Crippen LogP contribution in [-0.4, -0.2) is 26.7 Å². The molecule has 0 radical (unpaired) electrons. The van der Waals surface area contributed by atoms with Crippen molar-refractivity contribution in [3.63, 3.8) is 0 Å². The van der Waals surface area contributed by atoms with Gasteiger partial charge < -0.3 is 19.5 Å². The zero-order chi connectivity index (χ0) is 18.6. The van der Waals surface area contributed by atoms with Crippen molar-refractivity contribution in [3.05, 3.63) is 44.9 Å². The maximum absolute atomic E-state index is 12.3. The molecule has 0 saturated heterocycles. The number of hydrogen-bond acceptors (Lipinski definition) is 4. The molecule has 0 aliphatic heterocycles. The van der Waals surface area contributed by atoms with Crippen LogP contribution in [0.4, 0.5) is 5.69 Å². The molecule has 0 heterocycles. The summed E-state index contributed by atoms with van der Waals surface area (Å²) in [4.78, 5) is 12.3. The van der Waals surface area contributed by atoms with Crippen molar-refractivity contribution < 1.29 is 19.0 Å². The Bertz CT molecular complexity index is 772. The predicted octanol–water partition coefficient (Wildman–Crippen LogP) is 4.75. The van der Waals surface area contributed by atoms with Gasteiger partial charge in [-0.3, -0.25) is 4.79 Å². The van der Waals surface area contributed by atoms with Gasteiger partial charge in [-0.1, -0.05) is 27.5 Å². The first kappa shape index (κ1) is 19.4. The topological polar surface area (TPSA) is 56.8 Å². The molecule has 0 atom stereocenters. The van der Waals surface area contributed by atoms with E-state index in [0.717, 1.165) is 15.6 Å². The second-order valence-electron chi connectivity index (χ2n) is 5.39. The van der Waals surface area contributed by atoms with Gasteiger partial charge in [-0.15, -0.1) is 0 Å². The first-order valence-corrected chi connectivity index (χ1v) is 8.63. The van der Waals surface area contributed by atoms with E-state index in [1.165, 1.54) is 14.2 Å². The number of amides is 1. The summed E-state index contributed by atoms with van der Waals surface area (Å²) in [6.45, 7) is 3.73. The Balaban J connectivity index is 2.11. The summed E-state index contributed by atoms with van der Waals surface area (Å²) in [6, 6.07) is 7.07. The number of ether oxygens (including phenoxy) is 3. The number of aryl methyl sites for hydroxylation is 2.